The van der Waals surface area contributed by atoms with E-state index < -0.39 is 0 Å². The molecular formula is C73H137N7O. The number of likely N-dealkylation sites (N-methyl/N-ethyl adjacent to an activating group) is 2. The predicted octanol–water partition coefficient (Wildman–Crippen LogP) is 16.2. The van der Waals surface area contributed by atoms with Gasteiger partial charge in [-0.25, -0.2) is 0 Å². The Balaban J connectivity index is 0.000000901. The van der Waals surface area contributed by atoms with Crippen LogP contribution in [-0.4, -0.2) is 182 Å². The van der Waals surface area contributed by atoms with Crippen LogP contribution in [-0.2, 0) is 24.0 Å². The molecule has 0 N–H and O–H groups in total. The molecule has 6 aliphatic heterocycles. The molecule has 8 nitrogen and oxygen atoms in total. The van der Waals surface area contributed by atoms with Crippen molar-refractivity contribution in [2.24, 2.45) is 17.8 Å². The number of hydrogen-bond acceptors (Lipinski definition) is 8. The molecule has 2 unspecified atom stereocenters. The van der Waals surface area contributed by atoms with Gasteiger partial charge in [-0.3, -0.25) is 14.7 Å². The molecule has 6 saturated heterocycles. The van der Waals surface area contributed by atoms with E-state index in [1.807, 2.05) is 0 Å². The summed E-state index contributed by atoms with van der Waals surface area (Å²) in [5, 5.41) is 0. The van der Waals surface area contributed by atoms with Crippen LogP contribution in [0.4, 0.5) is 0 Å². The van der Waals surface area contributed by atoms with E-state index in [1.54, 1.807) is 0 Å². The zero-order chi connectivity index (χ0) is 58.5. The largest absolute Gasteiger partial charge is 0.372 e. The van der Waals surface area contributed by atoms with Gasteiger partial charge in [-0.15, -0.1) is 0 Å². The number of rotatable bonds is 11. The summed E-state index contributed by atoms with van der Waals surface area (Å²) < 4.78 is 5.74. The highest BCUT2D eigenvalue weighted by atomic mass is 16.5. The summed E-state index contributed by atoms with van der Waals surface area (Å²) in [6.07, 6.45) is 15.7. The first kappa shape index (κ1) is 78.3. The van der Waals surface area contributed by atoms with Gasteiger partial charge in [-0.2, -0.15) is 0 Å². The minimum absolute atomic E-state index is 0. The molecule has 2 bridgehead atoms. The first-order valence-electron chi connectivity index (χ1n) is 32.5. The normalized spacial score (nSPS) is 20.1. The molecule has 0 radical (unpaired) electrons. The summed E-state index contributed by atoms with van der Waals surface area (Å²) in [5.74, 6) is 2.30. The predicted molar refractivity (Wildman–Crippen MR) is 363 cm³/mol. The van der Waals surface area contributed by atoms with Gasteiger partial charge in [0.05, 0.1) is 12.2 Å². The molecule has 8 heteroatoms. The molecule has 6 fully saturated rings. The van der Waals surface area contributed by atoms with Crippen molar-refractivity contribution < 1.29 is 4.74 Å². The number of hydrogen-bond donors (Lipinski definition) is 0. The lowest BCUT2D eigenvalue weighted by Gasteiger charge is -2.34. The Hall–Kier alpha value is -2.66. The van der Waals surface area contributed by atoms with Crippen molar-refractivity contribution in [1.82, 2.24) is 34.3 Å². The van der Waals surface area contributed by atoms with Crippen LogP contribution < -0.4 is 0 Å². The second-order valence-electron chi connectivity index (χ2n) is 26.5. The van der Waals surface area contributed by atoms with Crippen molar-refractivity contribution in [3.8, 4) is 0 Å². The summed E-state index contributed by atoms with van der Waals surface area (Å²) in [4.78, 5) is 17.5. The lowest BCUT2D eigenvalue weighted by Crippen LogP contribution is -2.47. The summed E-state index contributed by atoms with van der Waals surface area (Å²) >= 11 is 0. The Morgan fingerprint density at radius 1 is 0.321 bits per heavy atom. The molecule has 81 heavy (non-hydrogen) atoms. The highest BCUT2D eigenvalue weighted by molar-refractivity contribution is 5.16. The Morgan fingerprint density at radius 2 is 0.580 bits per heavy atom. The van der Waals surface area contributed by atoms with Crippen LogP contribution in [0.3, 0.4) is 0 Å². The number of fused-ring (bicyclic) bond motifs is 2. The zero-order valence-corrected chi connectivity index (χ0v) is 55.2. The summed E-state index contributed by atoms with van der Waals surface area (Å²) in [6, 6.07) is 35.5. The molecule has 6 heterocycles. The Bertz CT molecular complexity index is 1680. The molecule has 0 saturated carbocycles. The standard InChI is InChI=1S/3C10H14.C9H20N2.C9H17NO.C8H18N2.C8H17N.C7H15N.2CH4/c3*1-9(2)8-10-6-4-3-5-7-10;1-9(2)11-6-4-5-10(3)7-8-11;1-7(2)10-5-8-3-4-9(6-10)11-8;1-8(2)10-6-4-9(3)5-7-10;1-8(2)9-6-4-3-5-7-9;1-7(2)8-5-3-4-6-8;;/h3*3-7,9H,8H2,1-2H3;9H,4-8H2,1-3H3;7-9H,3-6H2,1-2H3;8H,4-7H2,1-3H3;8H,3-7H2,1-2H3;7H,3-6H2,1-2H3;2*1H4. The second-order valence-corrected chi connectivity index (χ2v) is 26.5. The minimum Gasteiger partial charge on any atom is -0.372 e. The van der Waals surface area contributed by atoms with Crippen molar-refractivity contribution in [3.63, 3.8) is 0 Å². The average molecular weight is 1130 g/mol. The molecule has 6 aliphatic rings. The zero-order valence-electron chi connectivity index (χ0n) is 55.2. The van der Waals surface area contributed by atoms with Gasteiger partial charge in [0, 0.05) is 82.6 Å². The summed E-state index contributed by atoms with van der Waals surface area (Å²) in [7, 11) is 4.40. The van der Waals surface area contributed by atoms with E-state index in [1.165, 1.54) is 166 Å². The highest BCUT2D eigenvalue weighted by Gasteiger charge is 2.34. The molecule has 9 rings (SSSR count). The van der Waals surface area contributed by atoms with E-state index in [-0.39, 0.29) is 14.9 Å². The quantitative estimate of drug-likeness (QED) is 0.188. The number of benzene rings is 3. The van der Waals surface area contributed by atoms with Gasteiger partial charge in [0.1, 0.15) is 0 Å². The van der Waals surface area contributed by atoms with Crippen LogP contribution in [0.1, 0.15) is 194 Å². The molecule has 470 valence electrons. The topological polar surface area (TPSA) is 31.9 Å². The third-order valence-corrected chi connectivity index (χ3v) is 16.0. The van der Waals surface area contributed by atoms with Gasteiger partial charge in [0.25, 0.3) is 0 Å². The fourth-order valence-electron chi connectivity index (χ4n) is 10.9. The maximum absolute atomic E-state index is 5.74. The van der Waals surface area contributed by atoms with E-state index >= 15 is 0 Å². The van der Waals surface area contributed by atoms with Gasteiger partial charge >= 0.3 is 0 Å². The fraction of sp³-hybridized carbons (Fsp3) is 0.753. The third kappa shape index (κ3) is 38.8. The molecule has 0 aliphatic carbocycles. The third-order valence-electron chi connectivity index (χ3n) is 16.0. The van der Waals surface area contributed by atoms with E-state index in [2.05, 4.69) is 250 Å². The average Bonchev–Trinajstić information content (AvgIpc) is 4.03. The summed E-state index contributed by atoms with van der Waals surface area (Å²) in [6.45, 7) is 53.8. The number of ether oxygens (including phenoxy) is 1. The van der Waals surface area contributed by atoms with Crippen molar-refractivity contribution in [3.05, 3.63) is 108 Å². The summed E-state index contributed by atoms with van der Waals surface area (Å²) in [5.41, 5.74) is 4.33. The van der Waals surface area contributed by atoms with Gasteiger partial charge < -0.3 is 24.3 Å². The minimum atomic E-state index is 0. The fourth-order valence-corrected chi connectivity index (χ4v) is 10.9. The highest BCUT2D eigenvalue weighted by Crippen LogP contribution is 2.27. The van der Waals surface area contributed by atoms with E-state index in [0.717, 1.165) is 55.0 Å². The second kappa shape index (κ2) is 46.6. The van der Waals surface area contributed by atoms with Crippen LogP contribution in [0.5, 0.6) is 0 Å². The van der Waals surface area contributed by atoms with Crippen LogP contribution in [0, 0.1) is 17.8 Å². The first-order valence-corrected chi connectivity index (χ1v) is 32.5. The van der Waals surface area contributed by atoms with Crippen molar-refractivity contribution in [2.75, 3.05) is 106 Å². The number of piperazine rings is 1. The van der Waals surface area contributed by atoms with Crippen molar-refractivity contribution >= 4 is 0 Å². The molecular weight excluding hydrogens is 991 g/mol. The first-order chi connectivity index (χ1) is 37.6. The Kier molecular flexibility index (Phi) is 45.1. The Morgan fingerprint density at radius 3 is 0.864 bits per heavy atom. The molecule has 0 amide bonds. The van der Waals surface area contributed by atoms with E-state index in [0.29, 0.717) is 18.2 Å². The number of likely N-dealkylation sites (tertiary alicyclic amines) is 3. The molecule has 2 atom stereocenters. The Labute approximate surface area is 506 Å². The van der Waals surface area contributed by atoms with Gasteiger partial charge in [0.2, 0.25) is 0 Å². The van der Waals surface area contributed by atoms with Crippen molar-refractivity contribution in [2.45, 2.75) is 239 Å². The maximum Gasteiger partial charge on any atom is 0.0707 e. The van der Waals surface area contributed by atoms with Crippen LogP contribution in [0.2, 0.25) is 0 Å². The van der Waals surface area contributed by atoms with Gasteiger partial charge in [-0.1, -0.05) is 154 Å². The number of morpholine rings is 1. The SMILES string of the molecule is C.C.CC(C)Cc1ccccc1.CC(C)Cc1ccccc1.CC(C)Cc1ccccc1.CC(C)N1CC2CCC(C1)O2.CC(C)N1CCCC1.CC(C)N1CCCCC1.CC(C)N1CCCN(C)CC1.CC(C)N1CCN(C)CC1. The smallest absolute Gasteiger partial charge is 0.0707 e. The molecule has 0 aromatic heterocycles. The number of piperidine rings is 1. The lowest BCUT2D eigenvalue weighted by atomic mass is 10.0. The van der Waals surface area contributed by atoms with Crippen molar-refractivity contribution in [1.29, 1.82) is 0 Å². The lowest BCUT2D eigenvalue weighted by molar-refractivity contribution is -0.0480. The monoisotopic (exact) mass is 1130 g/mol. The van der Waals surface area contributed by atoms with Crippen LogP contribution >= 0.6 is 0 Å². The molecule has 0 spiro atoms. The van der Waals surface area contributed by atoms with E-state index in [4.69, 9.17) is 4.74 Å². The van der Waals surface area contributed by atoms with Crippen LogP contribution in [0.15, 0.2) is 91.0 Å². The maximum atomic E-state index is 5.74. The number of nitrogens with zero attached hydrogens (tertiary/aromatic N) is 7. The van der Waals surface area contributed by atoms with Gasteiger partial charge in [0.15, 0.2) is 0 Å². The van der Waals surface area contributed by atoms with Gasteiger partial charge in [-0.05, 0) is 221 Å². The molecule has 3 aromatic carbocycles. The van der Waals surface area contributed by atoms with E-state index in [9.17, 15) is 0 Å². The molecule has 3 aromatic rings. The van der Waals surface area contributed by atoms with Crippen LogP contribution in [0.25, 0.3) is 0 Å².